The molecule has 0 bridgehead atoms. The Morgan fingerprint density at radius 3 is 2.58 bits per heavy atom. The van der Waals surface area contributed by atoms with Gasteiger partial charge in [0, 0.05) is 33.3 Å². The summed E-state index contributed by atoms with van der Waals surface area (Å²) < 4.78 is 20.5. The molecule has 0 amide bonds. The molecule has 10 heteroatoms. The van der Waals surface area contributed by atoms with Gasteiger partial charge >= 0.3 is 5.69 Å². The van der Waals surface area contributed by atoms with Crippen LogP contribution in [0.4, 0.5) is 11.6 Å². The van der Waals surface area contributed by atoms with Crippen LogP contribution in [0.3, 0.4) is 0 Å². The first-order valence-corrected chi connectivity index (χ1v) is 10.1. The average molecular weight is 429 g/mol. The maximum absolute atomic E-state index is 13.3. The van der Waals surface area contributed by atoms with Crippen LogP contribution in [0.5, 0.6) is 11.5 Å². The number of fused-ring (bicyclic) bond motifs is 3. The Labute approximate surface area is 179 Å². The Morgan fingerprint density at radius 2 is 1.90 bits per heavy atom. The predicted molar refractivity (Wildman–Crippen MR) is 117 cm³/mol. The van der Waals surface area contributed by atoms with E-state index in [0.29, 0.717) is 41.7 Å². The van der Waals surface area contributed by atoms with Crippen molar-refractivity contribution in [3.8, 4) is 11.5 Å². The van der Waals surface area contributed by atoms with Gasteiger partial charge in [0.1, 0.15) is 11.5 Å². The fourth-order valence-corrected chi connectivity index (χ4v) is 4.10. The lowest BCUT2D eigenvalue weighted by molar-refractivity contribution is 0.184. The fraction of sp³-hybridized carbons (Fsp3) is 0.476. The summed E-state index contributed by atoms with van der Waals surface area (Å²) in [4.78, 5) is 32.8. The molecule has 1 aromatic carbocycles. The molecule has 0 saturated heterocycles. The van der Waals surface area contributed by atoms with E-state index in [1.165, 1.54) is 16.2 Å². The van der Waals surface area contributed by atoms with Gasteiger partial charge in [0.2, 0.25) is 5.95 Å². The van der Waals surface area contributed by atoms with Gasteiger partial charge < -0.3 is 23.7 Å². The van der Waals surface area contributed by atoms with Crippen molar-refractivity contribution in [1.82, 2.24) is 18.7 Å². The minimum Gasteiger partial charge on any atom is -0.497 e. The van der Waals surface area contributed by atoms with Crippen LogP contribution in [0.15, 0.2) is 27.8 Å². The summed E-state index contributed by atoms with van der Waals surface area (Å²) in [6.07, 6.45) is 0. The van der Waals surface area contributed by atoms with E-state index in [4.69, 9.17) is 19.2 Å². The van der Waals surface area contributed by atoms with Gasteiger partial charge in [0.15, 0.2) is 11.2 Å². The first-order valence-electron chi connectivity index (χ1n) is 10.1. The predicted octanol–water partition coefficient (Wildman–Crippen LogP) is 1.35. The summed E-state index contributed by atoms with van der Waals surface area (Å²) in [5.74, 6) is 2.16. The third kappa shape index (κ3) is 3.36. The zero-order valence-electron chi connectivity index (χ0n) is 18.4. The smallest absolute Gasteiger partial charge is 0.332 e. The van der Waals surface area contributed by atoms with Crippen LogP contribution in [0.2, 0.25) is 0 Å². The van der Waals surface area contributed by atoms with E-state index in [1.807, 2.05) is 27.7 Å². The van der Waals surface area contributed by atoms with Gasteiger partial charge in [-0.1, -0.05) is 6.92 Å². The Hall–Kier alpha value is -3.27. The molecule has 3 heterocycles. The average Bonchev–Trinajstić information content (AvgIpc) is 3.16. The summed E-state index contributed by atoms with van der Waals surface area (Å²) in [7, 11) is 6.38. The van der Waals surface area contributed by atoms with Gasteiger partial charge in [0.05, 0.1) is 33.1 Å². The standard InChI is InChI=1S/C21H27N5O5/c1-13-11-25(15-7-6-14(30-4)10-16(15)31-5)20-22-18-17(26(20)12-13)19(27)24(8-9-29-3)21(28)23(18)2/h6-7,10,13H,8-9,11-12H2,1-5H3/t13-/m1/s1. The van der Waals surface area contributed by atoms with E-state index in [9.17, 15) is 9.59 Å². The fourth-order valence-electron chi connectivity index (χ4n) is 4.10. The molecule has 0 aliphatic carbocycles. The molecule has 0 radical (unpaired) electrons. The summed E-state index contributed by atoms with van der Waals surface area (Å²) in [5.41, 5.74) is 0.829. The van der Waals surface area contributed by atoms with E-state index in [1.54, 1.807) is 21.3 Å². The van der Waals surface area contributed by atoms with Gasteiger partial charge in [-0.3, -0.25) is 13.9 Å². The maximum Gasteiger partial charge on any atom is 0.332 e. The summed E-state index contributed by atoms with van der Waals surface area (Å²) >= 11 is 0. The minimum atomic E-state index is -0.411. The van der Waals surface area contributed by atoms with Crippen LogP contribution in [-0.2, 0) is 24.9 Å². The molecule has 1 aliphatic heterocycles. The lowest BCUT2D eigenvalue weighted by atomic mass is 10.1. The van der Waals surface area contributed by atoms with Gasteiger partial charge in [0.25, 0.3) is 5.56 Å². The van der Waals surface area contributed by atoms with Crippen LogP contribution in [0.1, 0.15) is 6.92 Å². The molecule has 166 valence electrons. The largest absolute Gasteiger partial charge is 0.497 e. The van der Waals surface area contributed by atoms with Crippen molar-refractivity contribution in [3.05, 3.63) is 39.0 Å². The van der Waals surface area contributed by atoms with Crippen LogP contribution in [-0.4, -0.2) is 53.2 Å². The van der Waals surface area contributed by atoms with E-state index < -0.39 is 5.69 Å². The second kappa shape index (κ2) is 8.10. The third-order valence-electron chi connectivity index (χ3n) is 5.64. The topological polar surface area (TPSA) is 92.8 Å². The molecule has 0 unspecified atom stereocenters. The number of benzene rings is 1. The number of anilines is 2. The molecule has 0 fully saturated rings. The summed E-state index contributed by atoms with van der Waals surface area (Å²) in [5, 5.41) is 0. The number of rotatable bonds is 6. The van der Waals surface area contributed by atoms with E-state index in [-0.39, 0.29) is 24.6 Å². The highest BCUT2D eigenvalue weighted by molar-refractivity contribution is 5.78. The first kappa shape index (κ1) is 21.0. The molecule has 0 saturated carbocycles. The number of methoxy groups -OCH3 is 3. The number of hydrogen-bond donors (Lipinski definition) is 0. The van der Waals surface area contributed by atoms with Crippen molar-refractivity contribution in [2.75, 3.05) is 39.4 Å². The zero-order chi connectivity index (χ0) is 22.3. The Balaban J connectivity index is 1.96. The Morgan fingerprint density at radius 1 is 1.13 bits per heavy atom. The van der Waals surface area contributed by atoms with E-state index in [2.05, 4.69) is 6.92 Å². The highest BCUT2D eigenvalue weighted by atomic mass is 16.5. The zero-order valence-corrected chi connectivity index (χ0v) is 18.4. The summed E-state index contributed by atoms with van der Waals surface area (Å²) in [6, 6.07) is 5.59. The molecule has 0 spiro atoms. The highest BCUT2D eigenvalue weighted by Gasteiger charge is 2.31. The van der Waals surface area contributed by atoms with Gasteiger partial charge in [-0.25, -0.2) is 4.79 Å². The third-order valence-corrected chi connectivity index (χ3v) is 5.64. The SMILES string of the molecule is COCCn1c(=O)c2c(nc3n2C[C@H](C)CN3c2ccc(OC)cc2OC)n(C)c1=O. The molecule has 3 aromatic rings. The van der Waals surface area contributed by atoms with Crippen molar-refractivity contribution in [3.63, 3.8) is 0 Å². The Kier molecular flexibility index (Phi) is 5.48. The molecule has 2 aromatic heterocycles. The number of ether oxygens (including phenoxy) is 3. The van der Waals surface area contributed by atoms with Crippen molar-refractivity contribution in [2.45, 2.75) is 20.0 Å². The molecule has 4 rings (SSSR count). The number of imidazole rings is 1. The van der Waals surface area contributed by atoms with Crippen molar-refractivity contribution >= 4 is 22.8 Å². The lowest BCUT2D eigenvalue weighted by Crippen LogP contribution is -2.41. The molecule has 10 nitrogen and oxygen atoms in total. The monoisotopic (exact) mass is 429 g/mol. The van der Waals surface area contributed by atoms with E-state index in [0.717, 1.165) is 5.69 Å². The lowest BCUT2D eigenvalue weighted by Gasteiger charge is -2.33. The highest BCUT2D eigenvalue weighted by Crippen LogP contribution is 2.39. The van der Waals surface area contributed by atoms with Crippen LogP contribution in [0, 0.1) is 5.92 Å². The molecule has 1 aliphatic rings. The molecule has 1 atom stereocenters. The van der Waals surface area contributed by atoms with Crippen molar-refractivity contribution in [1.29, 1.82) is 0 Å². The normalized spacial score (nSPS) is 15.9. The second-order valence-corrected chi connectivity index (χ2v) is 7.74. The minimum absolute atomic E-state index is 0.185. The Bertz CT molecular complexity index is 1240. The van der Waals surface area contributed by atoms with Crippen LogP contribution in [0.25, 0.3) is 11.2 Å². The number of nitrogens with zero attached hydrogens (tertiary/aromatic N) is 5. The van der Waals surface area contributed by atoms with Crippen molar-refractivity contribution in [2.24, 2.45) is 13.0 Å². The number of aromatic nitrogens is 4. The van der Waals surface area contributed by atoms with Crippen molar-refractivity contribution < 1.29 is 14.2 Å². The maximum atomic E-state index is 13.3. The quantitative estimate of drug-likeness (QED) is 0.584. The molecular weight excluding hydrogens is 402 g/mol. The summed E-state index contributed by atoms with van der Waals surface area (Å²) in [6.45, 7) is 3.89. The van der Waals surface area contributed by atoms with E-state index >= 15 is 0 Å². The molecular formula is C21H27N5O5. The number of hydrogen-bond acceptors (Lipinski definition) is 7. The van der Waals surface area contributed by atoms with Gasteiger partial charge in [-0.2, -0.15) is 4.98 Å². The number of aryl methyl sites for hydroxylation is 1. The van der Waals surface area contributed by atoms with Crippen LogP contribution >= 0.6 is 0 Å². The van der Waals surface area contributed by atoms with Gasteiger partial charge in [-0.05, 0) is 18.1 Å². The van der Waals surface area contributed by atoms with Crippen LogP contribution < -0.4 is 25.6 Å². The van der Waals surface area contributed by atoms with Gasteiger partial charge in [-0.15, -0.1) is 0 Å². The second-order valence-electron chi connectivity index (χ2n) is 7.74. The first-order chi connectivity index (χ1) is 14.9. The molecule has 31 heavy (non-hydrogen) atoms. The molecule has 0 N–H and O–H groups in total.